The van der Waals surface area contributed by atoms with Crippen LogP contribution in [0.3, 0.4) is 0 Å². The molecule has 1 amide bonds. The van der Waals surface area contributed by atoms with Gasteiger partial charge in [0.15, 0.2) is 17.4 Å². The Morgan fingerprint density at radius 1 is 1.12 bits per heavy atom. The van der Waals surface area contributed by atoms with E-state index in [-0.39, 0.29) is 25.9 Å². The average molecular weight is 573 g/mol. The second-order valence-corrected chi connectivity index (χ2v) is 11.2. The third-order valence-electron chi connectivity index (χ3n) is 8.10. The van der Waals surface area contributed by atoms with Crippen molar-refractivity contribution in [1.29, 1.82) is 0 Å². The molecule has 1 saturated heterocycles. The molecule has 41 heavy (non-hydrogen) atoms. The van der Waals surface area contributed by atoms with Crippen LogP contribution in [0.1, 0.15) is 62.0 Å². The predicted octanol–water partition coefficient (Wildman–Crippen LogP) is 2.97. The molecule has 2 aliphatic rings. The van der Waals surface area contributed by atoms with E-state index in [1.807, 2.05) is 36.0 Å². The van der Waals surface area contributed by atoms with Gasteiger partial charge in [0, 0.05) is 43.6 Å². The van der Waals surface area contributed by atoms with Gasteiger partial charge in [-0.15, -0.1) is 0 Å². The number of benzene rings is 1. The largest absolute Gasteiger partial charge is 0.481 e. The Morgan fingerprint density at radius 2 is 1.90 bits per heavy atom. The minimum atomic E-state index is -0.919. The van der Waals surface area contributed by atoms with Crippen molar-refractivity contribution in [3.05, 3.63) is 41.6 Å². The van der Waals surface area contributed by atoms with Crippen molar-refractivity contribution in [3.8, 4) is 11.5 Å². The maximum absolute atomic E-state index is 13.7. The first-order valence-electron chi connectivity index (χ1n) is 14.6. The number of ether oxygens (including phenoxy) is 2. The zero-order valence-electron chi connectivity index (χ0n) is 24.5. The summed E-state index contributed by atoms with van der Waals surface area (Å²) in [6.45, 7) is 4.81. The summed E-state index contributed by atoms with van der Waals surface area (Å²) in [5, 5.41) is 20.5. The number of hydrogen-bond acceptors (Lipinski definition) is 9. The molecule has 1 aromatic heterocycles. The number of aromatic nitrogens is 1. The van der Waals surface area contributed by atoms with Crippen LogP contribution in [-0.2, 0) is 22.6 Å². The highest BCUT2D eigenvalue weighted by Gasteiger charge is 2.47. The lowest BCUT2D eigenvalue weighted by Crippen LogP contribution is -2.45. The molecule has 1 fully saturated rings. The summed E-state index contributed by atoms with van der Waals surface area (Å²) in [7, 11) is 4.09. The number of carboxylic acids is 1. The van der Waals surface area contributed by atoms with Crippen LogP contribution in [0.25, 0.3) is 0 Å². The third kappa shape index (κ3) is 7.78. The second-order valence-electron chi connectivity index (χ2n) is 11.2. The van der Waals surface area contributed by atoms with E-state index in [1.54, 1.807) is 6.20 Å². The van der Waals surface area contributed by atoms with Crippen LogP contribution < -0.4 is 9.47 Å². The smallest absolute Gasteiger partial charge is 0.308 e. The molecule has 0 saturated carbocycles. The van der Waals surface area contributed by atoms with E-state index in [2.05, 4.69) is 16.8 Å². The molecule has 1 aromatic carbocycles. The number of aryl methyl sites for hydroxylation is 1. The van der Waals surface area contributed by atoms with Gasteiger partial charge < -0.3 is 33.9 Å². The zero-order valence-corrected chi connectivity index (χ0v) is 24.5. The van der Waals surface area contributed by atoms with E-state index in [1.165, 1.54) is 6.26 Å². The maximum atomic E-state index is 13.7. The number of rotatable bonds is 16. The fourth-order valence-electron chi connectivity index (χ4n) is 5.99. The molecule has 0 spiro atoms. The lowest BCUT2D eigenvalue weighted by Gasteiger charge is -2.29. The van der Waals surface area contributed by atoms with E-state index in [9.17, 15) is 19.8 Å². The standard InChI is InChI=1S/C30H44N4O7/c1-4-5-12-33(13-7-6-11-32(2)3)27(36)18-34-17-23(21-15-22(19-35)29-25(16-21)40-20-41-29)28(30(37)38)24(34)8-9-26-31-10-14-39-26/h10,14-16,23-24,28,35H,4-9,11-13,17-20H2,1-3H3,(H,37,38)/t23-,24+,28-/m1/s1. The number of hydrogen-bond donors (Lipinski definition) is 2. The maximum Gasteiger partial charge on any atom is 0.308 e. The number of aliphatic carboxylic acids is 1. The molecule has 4 rings (SSSR count). The molecule has 0 bridgehead atoms. The van der Waals surface area contributed by atoms with Crippen LogP contribution in [0.5, 0.6) is 11.5 Å². The summed E-state index contributed by atoms with van der Waals surface area (Å²) in [6, 6.07) is 3.22. The van der Waals surface area contributed by atoms with Gasteiger partial charge in [-0.2, -0.15) is 0 Å². The van der Waals surface area contributed by atoms with Gasteiger partial charge in [0.2, 0.25) is 12.7 Å². The number of nitrogens with zero attached hydrogens (tertiary/aromatic N) is 4. The Labute approximate surface area is 242 Å². The number of oxazole rings is 1. The lowest BCUT2D eigenvalue weighted by molar-refractivity contribution is -0.143. The summed E-state index contributed by atoms with van der Waals surface area (Å²) in [4.78, 5) is 36.9. The minimum Gasteiger partial charge on any atom is -0.481 e. The van der Waals surface area contributed by atoms with Crippen LogP contribution in [0.15, 0.2) is 29.0 Å². The van der Waals surface area contributed by atoms with E-state index >= 15 is 0 Å². The van der Waals surface area contributed by atoms with Gasteiger partial charge in [0.05, 0.1) is 25.3 Å². The molecular weight excluding hydrogens is 528 g/mol. The quantitative estimate of drug-likeness (QED) is 0.290. The van der Waals surface area contributed by atoms with E-state index < -0.39 is 23.8 Å². The molecule has 3 atom stereocenters. The summed E-state index contributed by atoms with van der Waals surface area (Å²) in [5.74, 6) is -0.528. The molecule has 226 valence electrons. The Hall–Kier alpha value is -3.15. The van der Waals surface area contributed by atoms with Gasteiger partial charge in [-0.1, -0.05) is 13.3 Å². The van der Waals surface area contributed by atoms with E-state index in [4.69, 9.17) is 13.9 Å². The molecule has 0 aliphatic carbocycles. The van der Waals surface area contributed by atoms with Crippen molar-refractivity contribution in [1.82, 2.24) is 19.7 Å². The van der Waals surface area contributed by atoms with E-state index in [0.29, 0.717) is 55.4 Å². The summed E-state index contributed by atoms with van der Waals surface area (Å²) < 4.78 is 16.6. The van der Waals surface area contributed by atoms with Crippen LogP contribution in [0, 0.1) is 5.92 Å². The van der Waals surface area contributed by atoms with Gasteiger partial charge in [0.1, 0.15) is 6.26 Å². The van der Waals surface area contributed by atoms with Crippen molar-refractivity contribution in [2.75, 3.05) is 53.6 Å². The zero-order chi connectivity index (χ0) is 29.4. The van der Waals surface area contributed by atoms with Crippen LogP contribution in [0.4, 0.5) is 0 Å². The van der Waals surface area contributed by atoms with Gasteiger partial charge in [-0.3, -0.25) is 14.5 Å². The fraction of sp³-hybridized carbons (Fsp3) is 0.633. The monoisotopic (exact) mass is 572 g/mol. The highest BCUT2D eigenvalue weighted by Crippen LogP contribution is 2.44. The second kappa shape index (κ2) is 14.7. The number of unbranched alkanes of at least 4 members (excludes halogenated alkanes) is 2. The Balaban J connectivity index is 1.58. The number of carbonyl (C=O) groups excluding carboxylic acids is 1. The number of fused-ring (bicyclic) bond motifs is 1. The van der Waals surface area contributed by atoms with Crippen molar-refractivity contribution in [2.24, 2.45) is 5.92 Å². The third-order valence-corrected chi connectivity index (χ3v) is 8.10. The number of carboxylic acid groups (broad SMARTS) is 1. The van der Waals surface area contributed by atoms with Crippen LogP contribution in [0.2, 0.25) is 0 Å². The predicted molar refractivity (Wildman–Crippen MR) is 152 cm³/mol. The fourth-order valence-corrected chi connectivity index (χ4v) is 5.99. The Bertz CT molecular complexity index is 1140. The normalized spacial score (nSPS) is 20.2. The summed E-state index contributed by atoms with van der Waals surface area (Å²) in [6.07, 6.45) is 7.87. The molecule has 2 aliphatic heterocycles. The summed E-state index contributed by atoms with van der Waals surface area (Å²) >= 11 is 0. The SMILES string of the molecule is CCCCN(CCCCN(C)C)C(=O)CN1C[C@H](c2cc(CO)c3c(c2)OCO3)[C@@H](C(=O)O)[C@@H]1CCc1ncco1. The molecule has 2 N–H and O–H groups in total. The summed E-state index contributed by atoms with van der Waals surface area (Å²) in [5.41, 5.74) is 1.32. The van der Waals surface area contributed by atoms with Crippen molar-refractivity contribution in [3.63, 3.8) is 0 Å². The van der Waals surface area contributed by atoms with E-state index in [0.717, 1.165) is 37.8 Å². The Kier molecular flexibility index (Phi) is 11.0. The molecule has 0 unspecified atom stereocenters. The minimum absolute atomic E-state index is 0.0240. The molecular formula is C30H44N4O7. The molecule has 2 aromatic rings. The van der Waals surface area contributed by atoms with Crippen molar-refractivity contribution in [2.45, 2.75) is 64.0 Å². The van der Waals surface area contributed by atoms with Crippen molar-refractivity contribution < 1.29 is 33.7 Å². The lowest BCUT2D eigenvalue weighted by atomic mass is 9.83. The topological polar surface area (TPSA) is 129 Å². The van der Waals surface area contributed by atoms with Gasteiger partial charge >= 0.3 is 5.97 Å². The first kappa shape index (κ1) is 30.8. The number of amides is 1. The number of aliphatic hydroxyl groups excluding tert-OH is 1. The number of carbonyl (C=O) groups is 2. The highest BCUT2D eigenvalue weighted by molar-refractivity contribution is 5.79. The average Bonchev–Trinajstić information content (AvgIpc) is 3.70. The van der Waals surface area contributed by atoms with Crippen LogP contribution >= 0.6 is 0 Å². The van der Waals surface area contributed by atoms with Crippen LogP contribution in [-0.4, -0.2) is 101 Å². The van der Waals surface area contributed by atoms with Crippen molar-refractivity contribution >= 4 is 11.9 Å². The first-order chi connectivity index (χ1) is 19.8. The van der Waals surface area contributed by atoms with Gasteiger partial charge in [-0.05, 0) is 64.0 Å². The number of aliphatic hydroxyl groups is 1. The first-order valence-corrected chi connectivity index (χ1v) is 14.6. The highest BCUT2D eigenvalue weighted by atomic mass is 16.7. The number of likely N-dealkylation sites (tertiary alicyclic amines) is 1. The Morgan fingerprint density at radius 3 is 2.59 bits per heavy atom. The molecule has 0 radical (unpaired) electrons. The van der Waals surface area contributed by atoms with Gasteiger partial charge in [0.25, 0.3) is 0 Å². The molecule has 11 nitrogen and oxygen atoms in total. The molecule has 3 heterocycles. The molecule has 11 heteroatoms. The van der Waals surface area contributed by atoms with Gasteiger partial charge in [-0.25, -0.2) is 4.98 Å².